The van der Waals surface area contributed by atoms with Crippen molar-refractivity contribution >= 4 is 23.8 Å². The predicted octanol–water partition coefficient (Wildman–Crippen LogP) is 0.397. The van der Waals surface area contributed by atoms with Crippen LogP contribution >= 0.6 is 0 Å². The molecule has 14 heavy (non-hydrogen) atoms. The van der Waals surface area contributed by atoms with E-state index < -0.39 is 17.9 Å². The second kappa shape index (κ2) is 5.85. The summed E-state index contributed by atoms with van der Waals surface area (Å²) < 4.78 is 8.55. The molecule has 0 aliphatic carbocycles. The van der Waals surface area contributed by atoms with Gasteiger partial charge >= 0.3 is 17.9 Å². The highest BCUT2D eigenvalue weighted by Crippen LogP contribution is 1.96. The average Bonchev–Trinajstić information content (AvgIpc) is 1.98. The predicted molar refractivity (Wildman–Crippen MR) is 45.5 cm³/mol. The molecule has 6 heteroatoms. The number of esters is 3. The molecule has 0 aromatic heterocycles. The molecule has 0 unspecified atom stereocenters. The fourth-order valence-electron chi connectivity index (χ4n) is 0.651. The molecule has 0 rings (SSSR count). The minimum absolute atomic E-state index is 0.0638. The van der Waals surface area contributed by atoms with Gasteiger partial charge in [0.05, 0.1) is 6.42 Å². The van der Waals surface area contributed by atoms with Gasteiger partial charge in [0.15, 0.2) is 5.90 Å². The molecule has 0 aromatic carbocycles. The standard InChI is InChI=1S/C8H11NO5/c1-5(10)13-7(9)3-4-8(12)14-6(2)11/h9H,3-4H2,1-2H3. The zero-order valence-corrected chi connectivity index (χ0v) is 7.96. The van der Waals surface area contributed by atoms with Crippen molar-refractivity contribution in [1.29, 1.82) is 5.41 Å². The highest BCUT2D eigenvalue weighted by Gasteiger charge is 2.09. The SMILES string of the molecule is CC(=O)OC(=N)CCC(=O)OC(C)=O. The Morgan fingerprint density at radius 3 is 1.93 bits per heavy atom. The molecule has 0 bridgehead atoms. The van der Waals surface area contributed by atoms with Crippen LogP contribution in [0.25, 0.3) is 0 Å². The highest BCUT2D eigenvalue weighted by molar-refractivity contribution is 5.89. The topological polar surface area (TPSA) is 93.5 Å². The summed E-state index contributed by atoms with van der Waals surface area (Å²) >= 11 is 0. The molecule has 0 fully saturated rings. The molecule has 0 aliphatic rings. The van der Waals surface area contributed by atoms with Gasteiger partial charge in [-0.2, -0.15) is 0 Å². The maximum atomic E-state index is 10.8. The van der Waals surface area contributed by atoms with Gasteiger partial charge in [-0.25, -0.2) is 0 Å². The minimum Gasteiger partial charge on any atom is -0.412 e. The second-order valence-electron chi connectivity index (χ2n) is 2.48. The van der Waals surface area contributed by atoms with Gasteiger partial charge in [0.1, 0.15) is 0 Å². The van der Waals surface area contributed by atoms with Crippen LogP contribution < -0.4 is 0 Å². The van der Waals surface area contributed by atoms with Crippen LogP contribution in [0, 0.1) is 5.41 Å². The van der Waals surface area contributed by atoms with Gasteiger partial charge in [0, 0.05) is 20.3 Å². The number of carbonyl (C=O) groups excluding carboxylic acids is 3. The van der Waals surface area contributed by atoms with Crippen LogP contribution in [-0.2, 0) is 23.9 Å². The molecule has 0 spiro atoms. The van der Waals surface area contributed by atoms with E-state index in [-0.39, 0.29) is 18.7 Å². The van der Waals surface area contributed by atoms with Crippen molar-refractivity contribution in [2.45, 2.75) is 26.7 Å². The maximum absolute atomic E-state index is 10.8. The fraction of sp³-hybridized carbons (Fsp3) is 0.500. The smallest absolute Gasteiger partial charge is 0.313 e. The fourth-order valence-corrected chi connectivity index (χ4v) is 0.651. The van der Waals surface area contributed by atoms with Gasteiger partial charge in [-0.1, -0.05) is 0 Å². The molecule has 0 saturated heterocycles. The molecule has 0 aromatic rings. The van der Waals surface area contributed by atoms with Gasteiger partial charge in [0.2, 0.25) is 0 Å². The number of ether oxygens (including phenoxy) is 2. The first-order chi connectivity index (χ1) is 6.41. The van der Waals surface area contributed by atoms with E-state index in [9.17, 15) is 14.4 Å². The Balaban J connectivity index is 3.72. The van der Waals surface area contributed by atoms with Crippen LogP contribution in [0.2, 0.25) is 0 Å². The van der Waals surface area contributed by atoms with Crippen LogP contribution in [0.4, 0.5) is 0 Å². The van der Waals surface area contributed by atoms with Gasteiger partial charge in [-0.3, -0.25) is 19.8 Å². The van der Waals surface area contributed by atoms with E-state index in [1.807, 2.05) is 0 Å². The molecule has 0 aliphatic heterocycles. The van der Waals surface area contributed by atoms with Crippen LogP contribution in [0.1, 0.15) is 26.7 Å². The summed E-state index contributed by atoms with van der Waals surface area (Å²) in [5.74, 6) is -2.38. The molecule has 78 valence electrons. The van der Waals surface area contributed by atoms with Crippen molar-refractivity contribution in [3.05, 3.63) is 0 Å². The van der Waals surface area contributed by atoms with E-state index in [0.29, 0.717) is 0 Å². The number of carbonyl (C=O) groups is 3. The lowest BCUT2D eigenvalue weighted by molar-refractivity contribution is -0.158. The van der Waals surface area contributed by atoms with Gasteiger partial charge in [-0.05, 0) is 0 Å². The number of rotatable bonds is 3. The first-order valence-corrected chi connectivity index (χ1v) is 3.89. The third kappa shape index (κ3) is 6.96. The molecule has 0 saturated carbocycles. The zero-order valence-electron chi connectivity index (χ0n) is 7.96. The lowest BCUT2D eigenvalue weighted by atomic mass is 10.3. The summed E-state index contributed by atoms with van der Waals surface area (Å²) in [6, 6.07) is 0. The summed E-state index contributed by atoms with van der Waals surface area (Å²) in [6.07, 6.45) is -0.225. The lowest BCUT2D eigenvalue weighted by Gasteiger charge is -2.02. The summed E-state index contributed by atoms with van der Waals surface area (Å²) in [6.45, 7) is 2.26. The van der Waals surface area contributed by atoms with E-state index in [4.69, 9.17) is 5.41 Å². The molecular weight excluding hydrogens is 190 g/mol. The Hall–Kier alpha value is -1.72. The molecular formula is C8H11NO5. The van der Waals surface area contributed by atoms with Crippen molar-refractivity contribution in [3.63, 3.8) is 0 Å². The van der Waals surface area contributed by atoms with E-state index >= 15 is 0 Å². The largest absolute Gasteiger partial charge is 0.412 e. The molecule has 1 N–H and O–H groups in total. The zero-order chi connectivity index (χ0) is 11.1. The Labute approximate surface area is 80.7 Å². The van der Waals surface area contributed by atoms with Gasteiger partial charge < -0.3 is 9.47 Å². The van der Waals surface area contributed by atoms with Gasteiger partial charge in [-0.15, -0.1) is 0 Å². The first kappa shape index (κ1) is 12.3. The summed E-state index contributed by atoms with van der Waals surface area (Å²) in [5, 5.41) is 7.06. The Bertz CT molecular complexity index is 243. The van der Waals surface area contributed by atoms with Crippen molar-refractivity contribution in [2.24, 2.45) is 0 Å². The van der Waals surface area contributed by atoms with Crippen molar-refractivity contribution in [2.75, 3.05) is 0 Å². The van der Waals surface area contributed by atoms with Crippen LogP contribution in [-0.4, -0.2) is 23.8 Å². The second-order valence-corrected chi connectivity index (χ2v) is 2.48. The van der Waals surface area contributed by atoms with Crippen LogP contribution in [0.3, 0.4) is 0 Å². The van der Waals surface area contributed by atoms with Crippen molar-refractivity contribution in [3.8, 4) is 0 Å². The molecule has 0 atom stereocenters. The molecule has 0 radical (unpaired) electrons. The summed E-state index contributed by atoms with van der Waals surface area (Å²) in [4.78, 5) is 31.4. The Morgan fingerprint density at radius 2 is 1.50 bits per heavy atom. The monoisotopic (exact) mass is 201 g/mol. The van der Waals surface area contributed by atoms with Crippen LogP contribution in [0.5, 0.6) is 0 Å². The Morgan fingerprint density at radius 1 is 1.00 bits per heavy atom. The third-order valence-electron chi connectivity index (χ3n) is 1.08. The Kier molecular flexibility index (Phi) is 5.13. The van der Waals surface area contributed by atoms with Crippen molar-refractivity contribution < 1.29 is 23.9 Å². The number of nitrogens with one attached hydrogen (secondary N) is 1. The van der Waals surface area contributed by atoms with Crippen LogP contribution in [0.15, 0.2) is 0 Å². The lowest BCUT2D eigenvalue weighted by Crippen LogP contribution is -2.13. The minimum atomic E-state index is -0.741. The summed E-state index contributed by atoms with van der Waals surface area (Å²) in [7, 11) is 0. The first-order valence-electron chi connectivity index (χ1n) is 3.89. The molecule has 0 heterocycles. The molecule has 6 nitrogen and oxygen atoms in total. The van der Waals surface area contributed by atoms with Crippen molar-refractivity contribution in [1.82, 2.24) is 0 Å². The average molecular weight is 201 g/mol. The van der Waals surface area contributed by atoms with E-state index in [0.717, 1.165) is 13.8 Å². The summed E-state index contributed by atoms with van der Waals surface area (Å²) in [5.41, 5.74) is 0. The third-order valence-corrected chi connectivity index (χ3v) is 1.08. The number of hydrogen-bond acceptors (Lipinski definition) is 6. The van der Waals surface area contributed by atoms with E-state index in [1.165, 1.54) is 0 Å². The highest BCUT2D eigenvalue weighted by atomic mass is 16.6. The quantitative estimate of drug-likeness (QED) is 0.308. The van der Waals surface area contributed by atoms with E-state index in [2.05, 4.69) is 9.47 Å². The number of hydrogen-bond donors (Lipinski definition) is 1. The van der Waals surface area contributed by atoms with E-state index in [1.54, 1.807) is 0 Å². The normalized spacial score (nSPS) is 9.00. The van der Waals surface area contributed by atoms with Gasteiger partial charge in [0.25, 0.3) is 0 Å². The maximum Gasteiger partial charge on any atom is 0.313 e. The molecule has 0 amide bonds.